The number of hydrogen-bond acceptors (Lipinski definition) is 4. The number of carbonyl (C=O) groups is 2. The minimum absolute atomic E-state index is 0.00375. The van der Waals surface area contributed by atoms with Gasteiger partial charge in [0.25, 0.3) is 5.91 Å². The van der Waals surface area contributed by atoms with Crippen molar-refractivity contribution in [2.75, 3.05) is 17.2 Å². The molecule has 2 rings (SSSR count). The smallest absolute Gasteiger partial charge is 0.263 e. The summed E-state index contributed by atoms with van der Waals surface area (Å²) >= 11 is 0. The van der Waals surface area contributed by atoms with Crippen molar-refractivity contribution in [3.8, 4) is 5.75 Å². The van der Waals surface area contributed by atoms with Crippen LogP contribution < -0.4 is 15.4 Å². The van der Waals surface area contributed by atoms with E-state index < -0.39 is 0 Å². The maximum atomic E-state index is 11.4. The van der Waals surface area contributed by atoms with Crippen LogP contribution in [0.3, 0.4) is 0 Å². The molecule has 2 heterocycles. The van der Waals surface area contributed by atoms with Crippen molar-refractivity contribution in [1.29, 1.82) is 0 Å². The first-order chi connectivity index (χ1) is 8.19. The molecule has 6 nitrogen and oxygen atoms in total. The summed E-state index contributed by atoms with van der Waals surface area (Å²) in [5, 5.41) is 5.23. The Balaban J connectivity index is 2.13. The summed E-state index contributed by atoms with van der Waals surface area (Å²) in [5.74, 6) is 0.923. The third kappa shape index (κ3) is 2.72. The summed E-state index contributed by atoms with van der Waals surface area (Å²) in [5.41, 5.74) is 0. The molecule has 0 aliphatic carbocycles. The molecule has 90 valence electrons. The third-order valence-corrected chi connectivity index (χ3v) is 2.22. The summed E-state index contributed by atoms with van der Waals surface area (Å²) in [4.78, 5) is 26.6. The second kappa shape index (κ2) is 4.82. The normalized spacial score (nSPS) is 13.4. The molecule has 0 aromatic carbocycles. The van der Waals surface area contributed by atoms with Crippen molar-refractivity contribution in [1.82, 2.24) is 4.98 Å². The molecule has 0 spiro atoms. The van der Waals surface area contributed by atoms with Gasteiger partial charge in [-0.15, -0.1) is 0 Å². The van der Waals surface area contributed by atoms with Gasteiger partial charge < -0.3 is 15.4 Å². The van der Waals surface area contributed by atoms with Gasteiger partial charge in [0.2, 0.25) is 5.91 Å². The summed E-state index contributed by atoms with van der Waals surface area (Å²) in [6, 6.07) is 3.31. The fraction of sp³-hybridized carbons (Fsp3) is 0.364. The Hall–Kier alpha value is -2.11. The Morgan fingerprint density at radius 3 is 3.18 bits per heavy atom. The molecule has 0 saturated carbocycles. The Morgan fingerprint density at radius 1 is 1.59 bits per heavy atom. The minimum atomic E-state index is -0.248. The van der Waals surface area contributed by atoms with Crippen molar-refractivity contribution < 1.29 is 14.3 Å². The molecule has 0 atom stereocenters. The SMILES string of the molecule is CCCC(=O)Nc1ccc2c(n1)NC(=O)CO2. The molecule has 6 heteroatoms. The van der Waals surface area contributed by atoms with Crippen LogP contribution in [0.25, 0.3) is 0 Å². The van der Waals surface area contributed by atoms with Crippen LogP contribution >= 0.6 is 0 Å². The van der Waals surface area contributed by atoms with Crippen molar-refractivity contribution in [3.63, 3.8) is 0 Å². The molecule has 0 radical (unpaired) electrons. The van der Waals surface area contributed by atoms with Crippen molar-refractivity contribution in [2.24, 2.45) is 0 Å². The standard InChI is InChI=1S/C11H13N3O3/c1-2-3-9(15)12-8-5-4-7-11(13-8)14-10(16)6-17-7/h4-5H,2-3,6H2,1H3,(H2,12,13,14,15,16). The number of anilines is 2. The van der Waals surface area contributed by atoms with E-state index in [0.29, 0.717) is 23.8 Å². The van der Waals surface area contributed by atoms with E-state index in [9.17, 15) is 9.59 Å². The van der Waals surface area contributed by atoms with Gasteiger partial charge in [0.15, 0.2) is 18.2 Å². The third-order valence-electron chi connectivity index (χ3n) is 2.22. The number of aromatic nitrogens is 1. The predicted molar refractivity (Wildman–Crippen MR) is 61.9 cm³/mol. The summed E-state index contributed by atoms with van der Waals surface area (Å²) in [7, 11) is 0. The summed E-state index contributed by atoms with van der Waals surface area (Å²) in [6.45, 7) is 1.92. The van der Waals surface area contributed by atoms with E-state index in [-0.39, 0.29) is 18.4 Å². The molecule has 0 fully saturated rings. The lowest BCUT2D eigenvalue weighted by molar-refractivity contribution is -0.118. The monoisotopic (exact) mass is 235 g/mol. The van der Waals surface area contributed by atoms with Gasteiger partial charge in [-0.2, -0.15) is 0 Å². The van der Waals surface area contributed by atoms with Crippen LogP contribution in [-0.2, 0) is 9.59 Å². The fourth-order valence-electron chi connectivity index (χ4n) is 1.47. The van der Waals surface area contributed by atoms with E-state index in [2.05, 4.69) is 15.6 Å². The van der Waals surface area contributed by atoms with Gasteiger partial charge >= 0.3 is 0 Å². The van der Waals surface area contributed by atoms with Gasteiger partial charge in [0.1, 0.15) is 5.82 Å². The van der Waals surface area contributed by atoms with Gasteiger partial charge in [-0.1, -0.05) is 6.92 Å². The van der Waals surface area contributed by atoms with Crippen LogP contribution in [0.2, 0.25) is 0 Å². The van der Waals surface area contributed by atoms with Gasteiger partial charge in [-0.25, -0.2) is 4.98 Å². The molecule has 2 amide bonds. The van der Waals surface area contributed by atoms with Crippen LogP contribution in [0, 0.1) is 0 Å². The molecule has 1 aromatic rings. The maximum Gasteiger partial charge on any atom is 0.263 e. The summed E-state index contributed by atoms with van der Waals surface area (Å²) in [6.07, 6.45) is 1.22. The molecule has 0 saturated heterocycles. The number of pyridine rings is 1. The van der Waals surface area contributed by atoms with Crippen LogP contribution in [0.5, 0.6) is 5.75 Å². The van der Waals surface area contributed by atoms with Crippen LogP contribution in [-0.4, -0.2) is 23.4 Å². The van der Waals surface area contributed by atoms with E-state index in [1.807, 2.05) is 6.92 Å². The number of carbonyl (C=O) groups excluding carboxylic acids is 2. The van der Waals surface area contributed by atoms with Crippen molar-refractivity contribution in [3.05, 3.63) is 12.1 Å². The molecule has 1 aliphatic heterocycles. The molecule has 1 aromatic heterocycles. The van der Waals surface area contributed by atoms with Crippen molar-refractivity contribution in [2.45, 2.75) is 19.8 Å². The Kier molecular flexibility index (Phi) is 3.22. The lowest BCUT2D eigenvalue weighted by Gasteiger charge is -2.17. The lowest BCUT2D eigenvalue weighted by atomic mass is 10.3. The Labute approximate surface area is 98.4 Å². The zero-order valence-corrected chi connectivity index (χ0v) is 9.45. The highest BCUT2D eigenvalue weighted by molar-refractivity contribution is 5.95. The number of nitrogens with one attached hydrogen (secondary N) is 2. The number of amides is 2. The largest absolute Gasteiger partial charge is 0.480 e. The first-order valence-electron chi connectivity index (χ1n) is 5.42. The topological polar surface area (TPSA) is 80.3 Å². The van der Waals surface area contributed by atoms with Gasteiger partial charge in [0.05, 0.1) is 0 Å². The minimum Gasteiger partial charge on any atom is -0.480 e. The van der Waals surface area contributed by atoms with Crippen molar-refractivity contribution >= 4 is 23.5 Å². The second-order valence-corrected chi connectivity index (χ2v) is 3.68. The highest BCUT2D eigenvalue weighted by atomic mass is 16.5. The van der Waals surface area contributed by atoms with Gasteiger partial charge in [-0.3, -0.25) is 9.59 Å². The zero-order chi connectivity index (χ0) is 12.3. The average Bonchev–Trinajstić information content (AvgIpc) is 2.28. The molecule has 0 bridgehead atoms. The van der Waals surface area contributed by atoms with Crippen LogP contribution in [0.15, 0.2) is 12.1 Å². The zero-order valence-electron chi connectivity index (χ0n) is 9.45. The molecular formula is C11H13N3O3. The Bertz CT molecular complexity index is 459. The number of rotatable bonds is 3. The maximum absolute atomic E-state index is 11.4. The average molecular weight is 235 g/mol. The lowest BCUT2D eigenvalue weighted by Crippen LogP contribution is -2.26. The van der Waals surface area contributed by atoms with E-state index in [4.69, 9.17) is 4.74 Å². The quantitative estimate of drug-likeness (QED) is 0.823. The number of hydrogen-bond donors (Lipinski definition) is 2. The summed E-state index contributed by atoms with van der Waals surface area (Å²) < 4.78 is 5.16. The highest BCUT2D eigenvalue weighted by Gasteiger charge is 2.17. The Morgan fingerprint density at radius 2 is 2.41 bits per heavy atom. The van der Waals surface area contributed by atoms with E-state index in [1.165, 1.54) is 0 Å². The fourth-order valence-corrected chi connectivity index (χ4v) is 1.47. The number of nitrogens with zero attached hydrogens (tertiary/aromatic N) is 1. The van der Waals surface area contributed by atoms with Gasteiger partial charge in [0, 0.05) is 6.42 Å². The molecule has 2 N–H and O–H groups in total. The highest BCUT2D eigenvalue weighted by Crippen LogP contribution is 2.26. The molecule has 17 heavy (non-hydrogen) atoms. The first-order valence-corrected chi connectivity index (χ1v) is 5.42. The van der Waals surface area contributed by atoms with Gasteiger partial charge in [-0.05, 0) is 18.6 Å². The van der Waals surface area contributed by atoms with Crippen LogP contribution in [0.4, 0.5) is 11.6 Å². The number of fused-ring (bicyclic) bond motifs is 1. The molecule has 1 aliphatic rings. The second-order valence-electron chi connectivity index (χ2n) is 3.68. The first kappa shape index (κ1) is 11.4. The van der Waals surface area contributed by atoms with E-state index in [0.717, 1.165) is 6.42 Å². The van der Waals surface area contributed by atoms with E-state index >= 15 is 0 Å². The molecular weight excluding hydrogens is 222 g/mol. The van der Waals surface area contributed by atoms with E-state index in [1.54, 1.807) is 12.1 Å². The van der Waals surface area contributed by atoms with Crippen LogP contribution in [0.1, 0.15) is 19.8 Å². The number of ether oxygens (including phenoxy) is 1. The molecule has 0 unspecified atom stereocenters. The predicted octanol–water partition coefficient (Wildman–Crippen LogP) is 1.15.